The van der Waals surface area contributed by atoms with Gasteiger partial charge >= 0.3 is 6.18 Å². The van der Waals surface area contributed by atoms with Gasteiger partial charge in [0.05, 0.1) is 35.2 Å². The number of pyridine rings is 1. The number of rotatable bonds is 1. The molecule has 5 rings (SSSR count). The van der Waals surface area contributed by atoms with Crippen LogP contribution in [0.2, 0.25) is 0 Å². The summed E-state index contributed by atoms with van der Waals surface area (Å²) in [6.45, 7) is 5.97. The summed E-state index contributed by atoms with van der Waals surface area (Å²) < 4.78 is 60.2. The van der Waals surface area contributed by atoms with Gasteiger partial charge in [0.15, 0.2) is 5.82 Å². The third kappa shape index (κ3) is 4.31. The fourth-order valence-electron chi connectivity index (χ4n) is 3.75. The smallest absolute Gasteiger partial charge is 0.419 e. The van der Waals surface area contributed by atoms with Crippen molar-refractivity contribution in [3.05, 3.63) is 53.5 Å². The maximum atomic E-state index is 14.2. The predicted molar refractivity (Wildman–Crippen MR) is 122 cm³/mol. The lowest BCUT2D eigenvalue weighted by molar-refractivity contribution is -0.140. The van der Waals surface area contributed by atoms with Gasteiger partial charge in [-0.25, -0.2) is 19.3 Å². The lowest BCUT2D eigenvalue weighted by Crippen LogP contribution is -2.38. The van der Waals surface area contributed by atoms with Gasteiger partial charge in [0.25, 0.3) is 5.91 Å². The van der Waals surface area contributed by atoms with Crippen LogP contribution in [-0.4, -0.2) is 38.4 Å². The van der Waals surface area contributed by atoms with E-state index in [1.807, 2.05) is 0 Å². The van der Waals surface area contributed by atoms with Crippen molar-refractivity contribution in [1.82, 2.24) is 19.4 Å². The number of nitrogen functional groups attached to an aromatic ring is 1. The maximum Gasteiger partial charge on any atom is 0.419 e. The van der Waals surface area contributed by atoms with Crippen molar-refractivity contribution in [1.29, 1.82) is 0 Å². The summed E-state index contributed by atoms with van der Waals surface area (Å²) in [5.41, 5.74) is 6.59. The number of benzene rings is 1. The molecule has 1 aliphatic rings. The number of halogens is 4. The van der Waals surface area contributed by atoms with Crippen molar-refractivity contribution in [3.8, 4) is 5.75 Å². The Hall–Kier alpha value is -3.96. The SMILES string of the molecule is CCC.Cc1ncn2c1c(N)nc1cnc(C(=O)N3CCOc4cc(C(F)(F)F)c(F)cc43)cc12. The quantitative estimate of drug-likeness (QED) is 0.386. The lowest BCUT2D eigenvalue weighted by Gasteiger charge is -2.30. The van der Waals surface area contributed by atoms with E-state index in [0.717, 1.165) is 4.90 Å². The molecule has 12 heteroatoms. The second-order valence-electron chi connectivity index (χ2n) is 7.91. The van der Waals surface area contributed by atoms with Crippen molar-refractivity contribution in [3.63, 3.8) is 0 Å². The molecule has 0 spiro atoms. The van der Waals surface area contributed by atoms with Crippen LogP contribution in [0.4, 0.5) is 29.1 Å². The van der Waals surface area contributed by atoms with Crippen molar-refractivity contribution in [2.45, 2.75) is 33.4 Å². The third-order valence-electron chi connectivity index (χ3n) is 5.24. The number of nitrogens with two attached hydrogens (primary N) is 1. The summed E-state index contributed by atoms with van der Waals surface area (Å²) in [5.74, 6) is -2.11. The van der Waals surface area contributed by atoms with Crippen molar-refractivity contribution < 1.29 is 27.1 Å². The number of aryl methyl sites for hydroxylation is 1. The first-order valence-corrected chi connectivity index (χ1v) is 10.8. The van der Waals surface area contributed by atoms with Crippen molar-refractivity contribution in [2.24, 2.45) is 0 Å². The summed E-state index contributed by atoms with van der Waals surface area (Å²) in [4.78, 5) is 27.0. The van der Waals surface area contributed by atoms with Crippen molar-refractivity contribution in [2.75, 3.05) is 23.8 Å². The molecule has 0 saturated carbocycles. The third-order valence-corrected chi connectivity index (χ3v) is 5.24. The van der Waals surface area contributed by atoms with Crippen LogP contribution in [0.5, 0.6) is 5.75 Å². The number of fused-ring (bicyclic) bond motifs is 4. The molecule has 4 aromatic rings. The molecule has 1 amide bonds. The first kappa shape index (κ1) is 24.2. The Morgan fingerprint density at radius 1 is 1.20 bits per heavy atom. The Morgan fingerprint density at radius 2 is 1.91 bits per heavy atom. The van der Waals surface area contributed by atoms with Gasteiger partial charge in [-0.3, -0.25) is 9.20 Å². The van der Waals surface area contributed by atoms with Gasteiger partial charge in [0.1, 0.15) is 41.2 Å². The fourth-order valence-corrected chi connectivity index (χ4v) is 3.75. The number of anilines is 2. The second-order valence-corrected chi connectivity index (χ2v) is 7.91. The van der Waals surface area contributed by atoms with E-state index in [0.29, 0.717) is 34.4 Å². The molecule has 4 heterocycles. The molecule has 0 saturated heterocycles. The molecule has 35 heavy (non-hydrogen) atoms. The molecule has 1 aliphatic heterocycles. The molecule has 0 radical (unpaired) electrons. The highest BCUT2D eigenvalue weighted by Gasteiger charge is 2.37. The van der Waals surface area contributed by atoms with E-state index in [4.69, 9.17) is 10.5 Å². The molecule has 8 nitrogen and oxygen atoms in total. The molecule has 0 fully saturated rings. The predicted octanol–water partition coefficient (Wildman–Crippen LogP) is 4.78. The van der Waals surface area contributed by atoms with Crippen LogP contribution in [0.25, 0.3) is 16.6 Å². The molecule has 0 unspecified atom stereocenters. The average Bonchev–Trinajstić information content (AvgIpc) is 3.20. The molecular weight excluding hydrogens is 468 g/mol. The number of hydrogen-bond donors (Lipinski definition) is 1. The number of amides is 1. The standard InChI is InChI=1S/C20H14F4N6O2.C3H8/c1-9-17-18(25)28-13-7-26-12(6-14(13)30(17)8-27-9)19(31)29-2-3-32-16-4-10(20(22,23)24)11(21)5-15(16)29;1-3-2/h4-8H,2-3H2,1H3,(H2,25,28);3H2,1-2H3. The van der Waals surface area contributed by atoms with E-state index in [9.17, 15) is 22.4 Å². The molecule has 184 valence electrons. The number of nitrogens with zero attached hydrogens (tertiary/aromatic N) is 5. The topological polar surface area (TPSA) is 98.6 Å². The minimum absolute atomic E-state index is 0.00937. The minimum atomic E-state index is -4.89. The van der Waals surface area contributed by atoms with Gasteiger partial charge < -0.3 is 15.4 Å². The maximum absolute atomic E-state index is 14.2. The van der Waals surface area contributed by atoms with E-state index >= 15 is 0 Å². The van der Waals surface area contributed by atoms with Gasteiger partial charge in [-0.15, -0.1) is 0 Å². The normalized spacial score (nSPS) is 13.3. The molecule has 2 N–H and O–H groups in total. The number of carbonyl (C=O) groups excluding carboxylic acids is 1. The van der Waals surface area contributed by atoms with Crippen LogP contribution < -0.4 is 15.4 Å². The number of carbonyl (C=O) groups is 1. The van der Waals surface area contributed by atoms with Gasteiger partial charge in [-0.1, -0.05) is 20.3 Å². The van der Waals surface area contributed by atoms with Crippen LogP contribution in [0.1, 0.15) is 42.0 Å². The van der Waals surface area contributed by atoms with Crippen LogP contribution in [0.3, 0.4) is 0 Å². The summed E-state index contributed by atoms with van der Waals surface area (Å²) >= 11 is 0. The second kappa shape index (κ2) is 9.01. The summed E-state index contributed by atoms with van der Waals surface area (Å²) in [6.07, 6.45) is -0.739. The molecule has 3 aromatic heterocycles. The lowest BCUT2D eigenvalue weighted by atomic mass is 10.1. The van der Waals surface area contributed by atoms with E-state index in [-0.39, 0.29) is 36.1 Å². The summed E-state index contributed by atoms with van der Waals surface area (Å²) in [6, 6.07) is 2.69. The summed E-state index contributed by atoms with van der Waals surface area (Å²) in [7, 11) is 0. The Morgan fingerprint density at radius 3 is 2.60 bits per heavy atom. The Labute approximate surface area is 197 Å². The van der Waals surface area contributed by atoms with E-state index in [2.05, 4.69) is 28.8 Å². The van der Waals surface area contributed by atoms with Gasteiger partial charge in [-0.05, 0) is 19.1 Å². The number of imidazole rings is 1. The zero-order valence-electron chi connectivity index (χ0n) is 19.1. The van der Waals surface area contributed by atoms with Crippen LogP contribution in [0.15, 0.2) is 30.7 Å². The Bertz CT molecular complexity index is 1430. The summed E-state index contributed by atoms with van der Waals surface area (Å²) in [5, 5.41) is 0. The van der Waals surface area contributed by atoms with Gasteiger partial charge in [0.2, 0.25) is 0 Å². The monoisotopic (exact) mass is 490 g/mol. The zero-order valence-corrected chi connectivity index (χ0v) is 19.1. The molecule has 0 bridgehead atoms. The Balaban J connectivity index is 0.000000917. The first-order valence-electron chi connectivity index (χ1n) is 10.8. The van der Waals surface area contributed by atoms with Crippen molar-refractivity contribution >= 4 is 34.0 Å². The molecular formula is C23H22F4N6O2. The number of hydrogen-bond acceptors (Lipinski definition) is 6. The first-order chi connectivity index (χ1) is 16.6. The Kier molecular flexibility index (Phi) is 6.22. The van der Waals surface area contributed by atoms with Crippen LogP contribution >= 0.6 is 0 Å². The highest BCUT2D eigenvalue weighted by atomic mass is 19.4. The highest BCUT2D eigenvalue weighted by Crippen LogP contribution is 2.40. The molecule has 1 aromatic carbocycles. The largest absolute Gasteiger partial charge is 0.490 e. The van der Waals surface area contributed by atoms with Gasteiger partial charge in [-0.2, -0.15) is 13.2 Å². The van der Waals surface area contributed by atoms with Gasteiger partial charge in [0, 0.05) is 6.07 Å². The molecule has 0 atom stereocenters. The van der Waals surface area contributed by atoms with Crippen LogP contribution in [-0.2, 0) is 6.18 Å². The fraction of sp³-hybridized carbons (Fsp3) is 0.304. The number of aromatic nitrogens is 4. The highest BCUT2D eigenvalue weighted by molar-refractivity contribution is 6.07. The molecule has 0 aliphatic carbocycles. The average molecular weight is 490 g/mol. The van der Waals surface area contributed by atoms with E-state index in [1.165, 1.54) is 25.0 Å². The van der Waals surface area contributed by atoms with E-state index in [1.54, 1.807) is 11.3 Å². The van der Waals surface area contributed by atoms with Crippen LogP contribution in [0, 0.1) is 12.7 Å². The van der Waals surface area contributed by atoms with E-state index < -0.39 is 23.5 Å². The zero-order chi connectivity index (χ0) is 25.5. The number of alkyl halides is 3. The minimum Gasteiger partial charge on any atom is -0.490 e. The number of ether oxygens (including phenoxy) is 1.